The van der Waals surface area contributed by atoms with E-state index in [1.165, 1.54) is 0 Å². The Balaban J connectivity index is 1.62. The van der Waals surface area contributed by atoms with Gasteiger partial charge in [0.05, 0.1) is 26.3 Å². The van der Waals surface area contributed by atoms with Crippen molar-refractivity contribution in [2.45, 2.75) is 25.8 Å². The molecule has 0 radical (unpaired) electrons. The van der Waals surface area contributed by atoms with Gasteiger partial charge in [-0.15, -0.1) is 5.10 Å². The number of methoxy groups -OCH3 is 2. The van der Waals surface area contributed by atoms with E-state index in [1.54, 1.807) is 31.1 Å². The Morgan fingerprint density at radius 3 is 2.43 bits per heavy atom. The Hall–Kier alpha value is -3.85. The van der Waals surface area contributed by atoms with Gasteiger partial charge in [-0.05, 0) is 42.0 Å². The lowest BCUT2D eigenvalue weighted by Crippen LogP contribution is -2.40. The summed E-state index contributed by atoms with van der Waals surface area (Å²) in [4.78, 5) is 29.2. The van der Waals surface area contributed by atoms with Crippen molar-refractivity contribution >= 4 is 23.2 Å². The number of rotatable bonds is 8. The minimum absolute atomic E-state index is 0.0331. The molecule has 184 valence electrons. The summed E-state index contributed by atoms with van der Waals surface area (Å²) < 4.78 is 10.8. The number of carbonyl (C=O) groups excluding carboxylic acids is 2. The fourth-order valence-corrected chi connectivity index (χ4v) is 4.21. The smallest absolute Gasteiger partial charge is 0.276 e. The monoisotopic (exact) mass is 477 g/mol. The molecule has 4 rings (SSSR count). The second-order valence-corrected chi connectivity index (χ2v) is 8.77. The topological polar surface area (TPSA) is 99.8 Å². The molecule has 2 N–H and O–H groups in total. The van der Waals surface area contributed by atoms with E-state index in [9.17, 15) is 9.59 Å². The highest BCUT2D eigenvalue weighted by Gasteiger charge is 2.38. The van der Waals surface area contributed by atoms with Crippen LogP contribution < -0.4 is 24.6 Å². The van der Waals surface area contributed by atoms with Gasteiger partial charge >= 0.3 is 0 Å². The lowest BCUT2D eigenvalue weighted by atomic mass is 9.87. The molecule has 0 saturated heterocycles. The van der Waals surface area contributed by atoms with E-state index in [0.29, 0.717) is 18.1 Å². The number of H-pyrrole nitrogens is 1. The largest absolute Gasteiger partial charge is 0.497 e. The highest BCUT2D eigenvalue weighted by molar-refractivity contribution is 6.08. The Kier molecular flexibility index (Phi) is 7.07. The molecule has 0 spiro atoms. The number of amides is 2. The van der Waals surface area contributed by atoms with Crippen LogP contribution in [0.25, 0.3) is 0 Å². The van der Waals surface area contributed by atoms with Crippen molar-refractivity contribution in [3.05, 3.63) is 65.4 Å². The Labute approximate surface area is 205 Å². The van der Waals surface area contributed by atoms with Crippen molar-refractivity contribution in [2.24, 2.45) is 0 Å². The van der Waals surface area contributed by atoms with Crippen molar-refractivity contribution in [1.29, 1.82) is 0 Å². The minimum atomic E-state index is -0.182. The van der Waals surface area contributed by atoms with Crippen LogP contribution in [-0.4, -0.2) is 62.4 Å². The normalized spacial score (nSPS) is 15.2. The zero-order valence-electron chi connectivity index (χ0n) is 20.7. The number of aromatic nitrogens is 2. The molecule has 0 fully saturated rings. The zero-order valence-corrected chi connectivity index (χ0v) is 20.7. The first-order valence-electron chi connectivity index (χ1n) is 11.5. The maximum Gasteiger partial charge on any atom is 0.276 e. The molecular formula is C26H31N5O4. The van der Waals surface area contributed by atoms with E-state index in [4.69, 9.17) is 9.47 Å². The van der Waals surface area contributed by atoms with Crippen molar-refractivity contribution in [1.82, 2.24) is 15.5 Å². The van der Waals surface area contributed by atoms with Crippen molar-refractivity contribution in [3.63, 3.8) is 0 Å². The van der Waals surface area contributed by atoms with Gasteiger partial charge in [-0.2, -0.15) is 0 Å². The summed E-state index contributed by atoms with van der Waals surface area (Å²) in [5, 5.41) is 10.2. The van der Waals surface area contributed by atoms with Crippen molar-refractivity contribution in [2.75, 3.05) is 44.2 Å². The summed E-state index contributed by atoms with van der Waals surface area (Å²) in [5.74, 6) is 0.815. The first-order chi connectivity index (χ1) is 16.8. The third-order valence-corrected chi connectivity index (χ3v) is 6.24. The Bertz CT molecular complexity index is 1190. The number of nitrogens with zero attached hydrogens (tertiary/aromatic N) is 3. The number of fused-ring (bicyclic) bond motifs is 1. The van der Waals surface area contributed by atoms with Crippen LogP contribution in [0.3, 0.4) is 0 Å². The molecule has 0 bridgehead atoms. The van der Waals surface area contributed by atoms with E-state index >= 15 is 0 Å². The average Bonchev–Trinajstić information content (AvgIpc) is 3.32. The predicted octanol–water partition coefficient (Wildman–Crippen LogP) is 3.18. The number of ether oxygens (including phenoxy) is 2. The van der Waals surface area contributed by atoms with E-state index in [0.717, 1.165) is 28.3 Å². The number of benzene rings is 2. The van der Waals surface area contributed by atoms with Gasteiger partial charge < -0.3 is 24.6 Å². The first-order valence-corrected chi connectivity index (χ1v) is 11.5. The molecule has 2 aromatic carbocycles. The van der Waals surface area contributed by atoms with E-state index < -0.39 is 0 Å². The van der Waals surface area contributed by atoms with Crippen LogP contribution in [0.2, 0.25) is 0 Å². The third-order valence-electron chi connectivity index (χ3n) is 6.24. The second kappa shape index (κ2) is 10.2. The molecule has 35 heavy (non-hydrogen) atoms. The van der Waals surface area contributed by atoms with Crippen LogP contribution in [0.5, 0.6) is 11.6 Å². The number of likely N-dealkylation sites (N-methyl/N-ethyl adjacent to an activating group) is 1. The lowest BCUT2D eigenvalue weighted by Gasteiger charge is -2.33. The van der Waals surface area contributed by atoms with Crippen molar-refractivity contribution in [3.8, 4) is 11.6 Å². The molecule has 9 nitrogen and oxygen atoms in total. The first kappa shape index (κ1) is 24.3. The summed E-state index contributed by atoms with van der Waals surface area (Å²) >= 11 is 0. The molecule has 0 saturated carbocycles. The van der Waals surface area contributed by atoms with Gasteiger partial charge in [0.25, 0.3) is 5.91 Å². The fraction of sp³-hybridized carbons (Fsp3) is 0.346. The molecular weight excluding hydrogens is 446 g/mol. The number of anilines is 2. The van der Waals surface area contributed by atoms with Crippen LogP contribution in [0.1, 0.15) is 41.4 Å². The molecule has 1 aliphatic heterocycles. The molecule has 9 heteroatoms. The minimum Gasteiger partial charge on any atom is -0.497 e. The van der Waals surface area contributed by atoms with Gasteiger partial charge in [0.2, 0.25) is 11.8 Å². The standard InChI is InChI=1S/C26H31N5O4/c1-16(2)27-14-22(32)30(3)18-8-10-19(11-9-18)31-15-21(17-6-12-20(34-4)13-7-17)23-24(26(31)33)28-29-25(23)35-5/h6-13,16,21,27H,14-15H2,1-5H3,(H,28,29). The number of carbonyl (C=O) groups is 2. The third kappa shape index (κ3) is 4.85. The van der Waals surface area contributed by atoms with Crippen molar-refractivity contribution < 1.29 is 19.1 Å². The summed E-state index contributed by atoms with van der Waals surface area (Å²) in [6, 6.07) is 15.4. The summed E-state index contributed by atoms with van der Waals surface area (Å²) in [6.45, 7) is 4.67. The van der Waals surface area contributed by atoms with E-state index in [-0.39, 0.29) is 30.3 Å². The van der Waals surface area contributed by atoms with Gasteiger partial charge in [-0.3, -0.25) is 14.7 Å². The Morgan fingerprint density at radius 2 is 1.83 bits per heavy atom. The quantitative estimate of drug-likeness (QED) is 0.517. The molecule has 1 unspecified atom stereocenters. The second-order valence-electron chi connectivity index (χ2n) is 8.77. The summed E-state index contributed by atoms with van der Waals surface area (Å²) in [5.41, 5.74) is 3.66. The van der Waals surface area contributed by atoms with Gasteiger partial charge in [-0.1, -0.05) is 26.0 Å². The SMILES string of the molecule is COc1ccc(C2CN(c3ccc(N(C)C(=O)CNC(C)C)cc3)C(=O)c3[nH]nc(OC)c32)cc1. The molecule has 1 aliphatic rings. The molecule has 2 heterocycles. The molecule has 1 aromatic heterocycles. The van der Waals surface area contributed by atoms with Gasteiger partial charge in [-0.25, -0.2) is 0 Å². The van der Waals surface area contributed by atoms with Gasteiger partial charge in [0, 0.05) is 36.9 Å². The number of nitrogens with one attached hydrogen (secondary N) is 2. The van der Waals surface area contributed by atoms with Crippen LogP contribution in [0, 0.1) is 0 Å². The highest BCUT2D eigenvalue weighted by Crippen LogP contribution is 2.40. The lowest BCUT2D eigenvalue weighted by molar-refractivity contribution is -0.117. The van der Waals surface area contributed by atoms with Crippen LogP contribution in [0.4, 0.5) is 11.4 Å². The number of hydrogen-bond acceptors (Lipinski definition) is 6. The van der Waals surface area contributed by atoms with Gasteiger partial charge in [0.15, 0.2) is 0 Å². The zero-order chi connectivity index (χ0) is 25.1. The van der Waals surface area contributed by atoms with E-state index in [1.807, 2.05) is 62.4 Å². The van der Waals surface area contributed by atoms with Crippen LogP contribution in [-0.2, 0) is 4.79 Å². The number of hydrogen-bond donors (Lipinski definition) is 2. The summed E-state index contributed by atoms with van der Waals surface area (Å²) in [7, 11) is 4.92. The van der Waals surface area contributed by atoms with Crippen LogP contribution in [0.15, 0.2) is 48.5 Å². The highest BCUT2D eigenvalue weighted by atomic mass is 16.5. The molecule has 1 atom stereocenters. The molecule has 0 aliphatic carbocycles. The van der Waals surface area contributed by atoms with Gasteiger partial charge in [0.1, 0.15) is 11.4 Å². The molecule has 2 amide bonds. The van der Waals surface area contributed by atoms with E-state index in [2.05, 4.69) is 15.5 Å². The number of aromatic amines is 1. The molecule has 3 aromatic rings. The maximum atomic E-state index is 13.4. The fourth-order valence-electron chi connectivity index (χ4n) is 4.21. The Morgan fingerprint density at radius 1 is 1.14 bits per heavy atom. The van der Waals surface area contributed by atoms with Crippen LogP contribution >= 0.6 is 0 Å². The maximum absolute atomic E-state index is 13.4. The summed E-state index contributed by atoms with van der Waals surface area (Å²) in [6.07, 6.45) is 0. The average molecular weight is 478 g/mol. The predicted molar refractivity (Wildman–Crippen MR) is 135 cm³/mol.